The molecule has 0 aromatic heterocycles. The van der Waals surface area contributed by atoms with Gasteiger partial charge in [0.1, 0.15) is 12.2 Å². The number of hydrogen-bond donors (Lipinski definition) is 1. The summed E-state index contributed by atoms with van der Waals surface area (Å²) in [7, 11) is 3.28. The maximum absolute atomic E-state index is 12.7. The van der Waals surface area contributed by atoms with E-state index in [0.717, 1.165) is 12.8 Å². The Hall–Kier alpha value is -0.720. The van der Waals surface area contributed by atoms with Gasteiger partial charge in [-0.3, -0.25) is 4.79 Å². The molecule has 0 radical (unpaired) electrons. The fourth-order valence-corrected chi connectivity index (χ4v) is 3.53. The minimum atomic E-state index is -0.629. The number of nitrogens with two attached hydrogens (primary N) is 1. The van der Waals surface area contributed by atoms with Crippen molar-refractivity contribution in [2.24, 2.45) is 17.1 Å². The van der Waals surface area contributed by atoms with Gasteiger partial charge in [-0.1, -0.05) is 19.1 Å². The third-order valence-electron chi connectivity index (χ3n) is 4.38. The van der Waals surface area contributed by atoms with Crippen molar-refractivity contribution in [1.82, 2.24) is 4.90 Å². The van der Waals surface area contributed by atoms with E-state index in [4.69, 9.17) is 27.4 Å². The molecule has 2 atom stereocenters. The number of likely N-dealkylation sites (tertiary alicyclic amines) is 1. The number of amides is 1. The first-order valence-corrected chi connectivity index (χ1v) is 7.00. The molecular weight excluding hydrogens is 264 g/mol. The summed E-state index contributed by atoms with van der Waals surface area (Å²) in [6.07, 6.45) is 1.37. The van der Waals surface area contributed by atoms with Crippen LogP contribution in [0.1, 0.15) is 19.8 Å². The van der Waals surface area contributed by atoms with Crippen LogP contribution in [0.5, 0.6) is 0 Å². The van der Waals surface area contributed by atoms with Crippen LogP contribution >= 0.6 is 12.2 Å². The highest BCUT2D eigenvalue weighted by Crippen LogP contribution is 2.47. The lowest BCUT2D eigenvalue weighted by Gasteiger charge is -2.46. The maximum Gasteiger partial charge on any atom is 0.235 e. The molecule has 0 spiro atoms. The normalized spacial score (nSPS) is 38.1. The number of ether oxygens (including phenoxy) is 2. The van der Waals surface area contributed by atoms with Crippen LogP contribution in [-0.2, 0) is 14.3 Å². The average molecular weight is 286 g/mol. The predicted molar refractivity (Wildman–Crippen MR) is 75.8 cm³/mol. The number of thiocarbonyl (C=S) groups is 1. The van der Waals surface area contributed by atoms with E-state index < -0.39 is 5.41 Å². The topological polar surface area (TPSA) is 64.8 Å². The first kappa shape index (κ1) is 14.7. The quantitative estimate of drug-likeness (QED) is 0.765. The summed E-state index contributed by atoms with van der Waals surface area (Å²) in [5.74, 6) is 0.546. The second-order valence-corrected chi connectivity index (χ2v) is 6.16. The van der Waals surface area contributed by atoms with E-state index in [0.29, 0.717) is 24.0 Å². The summed E-state index contributed by atoms with van der Waals surface area (Å²) in [5.41, 5.74) is 5.19. The third kappa shape index (κ3) is 2.37. The molecule has 19 heavy (non-hydrogen) atoms. The Morgan fingerprint density at radius 2 is 1.74 bits per heavy atom. The second kappa shape index (κ2) is 5.34. The maximum atomic E-state index is 12.7. The van der Waals surface area contributed by atoms with Gasteiger partial charge in [-0.2, -0.15) is 0 Å². The van der Waals surface area contributed by atoms with Crippen LogP contribution < -0.4 is 5.73 Å². The predicted octanol–water partition coefficient (Wildman–Crippen LogP) is 0.561. The number of hydrogen-bond acceptors (Lipinski definition) is 4. The smallest absolute Gasteiger partial charge is 0.235 e. The van der Waals surface area contributed by atoms with Crippen LogP contribution in [0.4, 0.5) is 0 Å². The lowest BCUT2D eigenvalue weighted by molar-refractivity contribution is -0.143. The zero-order chi connectivity index (χ0) is 14.2. The molecule has 108 valence electrons. The number of nitrogens with zero attached hydrogens (tertiary/aromatic N) is 1. The van der Waals surface area contributed by atoms with Gasteiger partial charge in [0.2, 0.25) is 5.91 Å². The second-order valence-electron chi connectivity index (χ2n) is 5.72. The summed E-state index contributed by atoms with van der Waals surface area (Å²) in [4.78, 5) is 14.8. The average Bonchev–Trinajstić information content (AvgIpc) is 2.76. The summed E-state index contributed by atoms with van der Waals surface area (Å²) in [6, 6.07) is 0. The zero-order valence-corrected chi connectivity index (χ0v) is 12.5. The molecule has 2 N–H and O–H groups in total. The number of rotatable bonds is 4. The van der Waals surface area contributed by atoms with Gasteiger partial charge in [-0.25, -0.2) is 0 Å². The van der Waals surface area contributed by atoms with Gasteiger partial charge in [0.25, 0.3) is 0 Å². The monoisotopic (exact) mass is 286 g/mol. The lowest BCUT2D eigenvalue weighted by atomic mass is 9.61. The van der Waals surface area contributed by atoms with Crippen LogP contribution in [0.2, 0.25) is 0 Å². The van der Waals surface area contributed by atoms with E-state index in [9.17, 15) is 4.79 Å². The summed E-state index contributed by atoms with van der Waals surface area (Å²) >= 11 is 5.13. The van der Waals surface area contributed by atoms with Crippen molar-refractivity contribution in [1.29, 1.82) is 0 Å². The SMILES string of the molecule is COC1CN(C(=O)C2(C(N)=S)CC(C)C2)CC1OC. The highest BCUT2D eigenvalue weighted by atomic mass is 32.1. The summed E-state index contributed by atoms with van der Waals surface area (Å²) < 4.78 is 10.7. The van der Waals surface area contributed by atoms with Crippen molar-refractivity contribution in [2.45, 2.75) is 32.0 Å². The van der Waals surface area contributed by atoms with E-state index in [-0.39, 0.29) is 18.1 Å². The van der Waals surface area contributed by atoms with Gasteiger partial charge in [-0.15, -0.1) is 0 Å². The van der Waals surface area contributed by atoms with Gasteiger partial charge in [0.05, 0.1) is 10.4 Å². The molecule has 0 aromatic carbocycles. The molecular formula is C13H22N2O3S. The molecule has 1 saturated carbocycles. The van der Waals surface area contributed by atoms with E-state index in [1.54, 1.807) is 19.1 Å². The molecule has 1 heterocycles. The molecule has 1 amide bonds. The summed E-state index contributed by atoms with van der Waals surface area (Å²) in [5, 5.41) is 0. The minimum absolute atomic E-state index is 0.0414. The number of methoxy groups -OCH3 is 2. The Bertz CT molecular complexity index is 370. The van der Waals surface area contributed by atoms with Crippen LogP contribution in [0.25, 0.3) is 0 Å². The highest BCUT2D eigenvalue weighted by Gasteiger charge is 2.54. The number of carbonyl (C=O) groups excluding carboxylic acids is 1. The van der Waals surface area contributed by atoms with Crippen LogP contribution in [0.15, 0.2) is 0 Å². The fraction of sp³-hybridized carbons (Fsp3) is 0.846. The molecule has 6 heteroatoms. The van der Waals surface area contributed by atoms with Crippen molar-refractivity contribution >= 4 is 23.1 Å². The van der Waals surface area contributed by atoms with E-state index >= 15 is 0 Å². The standard InChI is InChI=1S/C13H22N2O3S/c1-8-4-13(5-8,11(14)19)12(16)15-6-9(17-2)10(7-15)18-3/h8-10H,4-7H2,1-3H3,(H2,14,19). The van der Waals surface area contributed by atoms with Gasteiger partial charge >= 0.3 is 0 Å². The largest absolute Gasteiger partial charge is 0.392 e. The van der Waals surface area contributed by atoms with Crippen molar-refractivity contribution in [3.63, 3.8) is 0 Å². The zero-order valence-electron chi connectivity index (χ0n) is 11.7. The van der Waals surface area contributed by atoms with E-state index in [1.807, 2.05) is 0 Å². The molecule has 1 aliphatic carbocycles. The van der Waals surface area contributed by atoms with E-state index in [1.165, 1.54) is 0 Å². The molecule has 0 bridgehead atoms. The molecule has 1 saturated heterocycles. The van der Waals surface area contributed by atoms with Gasteiger partial charge in [0, 0.05) is 27.3 Å². The molecule has 0 aromatic rings. The minimum Gasteiger partial charge on any atom is -0.392 e. The van der Waals surface area contributed by atoms with Crippen LogP contribution in [0, 0.1) is 11.3 Å². The van der Waals surface area contributed by atoms with Crippen molar-refractivity contribution in [3.05, 3.63) is 0 Å². The first-order valence-electron chi connectivity index (χ1n) is 6.59. The fourth-order valence-electron chi connectivity index (χ4n) is 3.28. The third-order valence-corrected chi connectivity index (χ3v) is 4.77. The van der Waals surface area contributed by atoms with E-state index in [2.05, 4.69) is 6.92 Å². The Morgan fingerprint density at radius 1 is 1.26 bits per heavy atom. The van der Waals surface area contributed by atoms with Crippen molar-refractivity contribution in [2.75, 3.05) is 27.3 Å². The Morgan fingerprint density at radius 3 is 2.05 bits per heavy atom. The summed E-state index contributed by atoms with van der Waals surface area (Å²) in [6.45, 7) is 3.21. The van der Waals surface area contributed by atoms with Crippen LogP contribution in [-0.4, -0.2) is 55.3 Å². The molecule has 2 unspecified atom stereocenters. The Kier molecular flexibility index (Phi) is 4.13. The van der Waals surface area contributed by atoms with Crippen molar-refractivity contribution in [3.8, 4) is 0 Å². The Balaban J connectivity index is 2.10. The number of carbonyl (C=O) groups is 1. The first-order chi connectivity index (χ1) is 8.94. The molecule has 1 aliphatic heterocycles. The van der Waals surface area contributed by atoms with Crippen molar-refractivity contribution < 1.29 is 14.3 Å². The van der Waals surface area contributed by atoms with Gasteiger partial charge < -0.3 is 20.1 Å². The Labute approximate surface area is 119 Å². The van der Waals surface area contributed by atoms with Crippen LogP contribution in [0.3, 0.4) is 0 Å². The molecule has 5 nitrogen and oxygen atoms in total. The molecule has 2 fully saturated rings. The lowest BCUT2D eigenvalue weighted by Crippen LogP contribution is -2.56. The van der Waals surface area contributed by atoms with Gasteiger partial charge in [0.15, 0.2) is 0 Å². The molecule has 2 rings (SSSR count). The van der Waals surface area contributed by atoms with Gasteiger partial charge in [-0.05, 0) is 18.8 Å². The molecule has 2 aliphatic rings. The highest BCUT2D eigenvalue weighted by molar-refractivity contribution is 7.80.